The van der Waals surface area contributed by atoms with Crippen molar-refractivity contribution in [2.24, 2.45) is 0 Å². The average Bonchev–Trinajstić information content (AvgIpc) is 2.53. The Labute approximate surface area is 125 Å². The number of Topliss-reactive ketones (excluding diaryl/α,β-unsaturated/α-hetero) is 1. The third-order valence-corrected chi connectivity index (χ3v) is 3.49. The van der Waals surface area contributed by atoms with Gasteiger partial charge < -0.3 is 5.11 Å². The molecular formula is C15H12ClNO4. The Morgan fingerprint density at radius 1 is 1.14 bits per heavy atom. The highest BCUT2D eigenvalue weighted by Crippen LogP contribution is 2.28. The summed E-state index contributed by atoms with van der Waals surface area (Å²) < 4.78 is 0. The van der Waals surface area contributed by atoms with Crippen molar-refractivity contribution in [3.05, 3.63) is 75.8 Å². The second-order valence-corrected chi connectivity index (χ2v) is 4.90. The molecule has 0 heterocycles. The SMILES string of the molecule is O=C(c1ccccc1)[C@H](O)[C@@H](Cl)c1cccc([N+](=O)[O-])c1. The normalized spacial score (nSPS) is 13.4. The fourth-order valence-electron chi connectivity index (χ4n) is 1.90. The first kappa shape index (κ1) is 15.2. The summed E-state index contributed by atoms with van der Waals surface area (Å²) in [4.78, 5) is 22.3. The number of hydrogen-bond acceptors (Lipinski definition) is 4. The lowest BCUT2D eigenvalue weighted by molar-refractivity contribution is -0.384. The molecule has 0 unspecified atom stereocenters. The molecule has 0 aliphatic heterocycles. The predicted molar refractivity (Wildman–Crippen MR) is 78.5 cm³/mol. The van der Waals surface area contributed by atoms with Gasteiger partial charge in [-0.2, -0.15) is 0 Å². The van der Waals surface area contributed by atoms with Gasteiger partial charge in [-0.15, -0.1) is 11.6 Å². The number of alkyl halides is 1. The summed E-state index contributed by atoms with van der Waals surface area (Å²) in [5, 5.41) is 19.7. The Morgan fingerprint density at radius 3 is 2.43 bits per heavy atom. The largest absolute Gasteiger partial charge is 0.383 e. The minimum atomic E-state index is -1.48. The number of carbonyl (C=O) groups is 1. The first-order valence-electron chi connectivity index (χ1n) is 6.16. The number of rotatable bonds is 5. The number of aliphatic hydroxyl groups is 1. The van der Waals surface area contributed by atoms with Crippen LogP contribution >= 0.6 is 11.6 Å². The van der Waals surface area contributed by atoms with Crippen LogP contribution in [0.15, 0.2) is 54.6 Å². The van der Waals surface area contributed by atoms with Gasteiger partial charge in [0.15, 0.2) is 5.78 Å². The smallest absolute Gasteiger partial charge is 0.269 e. The van der Waals surface area contributed by atoms with Gasteiger partial charge in [0.2, 0.25) is 0 Å². The molecule has 1 N–H and O–H groups in total. The Balaban J connectivity index is 2.23. The van der Waals surface area contributed by atoms with Gasteiger partial charge in [-0.05, 0) is 5.56 Å². The Bertz CT molecular complexity index is 660. The monoisotopic (exact) mass is 305 g/mol. The molecule has 21 heavy (non-hydrogen) atoms. The zero-order chi connectivity index (χ0) is 15.4. The number of halogens is 1. The third kappa shape index (κ3) is 3.45. The molecule has 0 aliphatic carbocycles. The van der Waals surface area contributed by atoms with E-state index in [1.807, 2.05) is 0 Å². The zero-order valence-electron chi connectivity index (χ0n) is 10.8. The van der Waals surface area contributed by atoms with Crippen LogP contribution in [0, 0.1) is 10.1 Å². The van der Waals surface area contributed by atoms with Crippen LogP contribution < -0.4 is 0 Å². The van der Waals surface area contributed by atoms with Crippen LogP contribution in [0.2, 0.25) is 0 Å². The number of nitro benzene ring substituents is 1. The lowest BCUT2D eigenvalue weighted by atomic mass is 9.99. The van der Waals surface area contributed by atoms with Crippen molar-refractivity contribution < 1.29 is 14.8 Å². The van der Waals surface area contributed by atoms with E-state index in [0.717, 1.165) is 0 Å². The van der Waals surface area contributed by atoms with Crippen LogP contribution in [-0.4, -0.2) is 21.9 Å². The summed E-state index contributed by atoms with van der Waals surface area (Å²) in [6.45, 7) is 0. The van der Waals surface area contributed by atoms with Gasteiger partial charge in [0.25, 0.3) is 5.69 Å². The summed E-state index contributed by atoms with van der Waals surface area (Å²) in [6, 6.07) is 13.8. The molecule has 0 aromatic heterocycles. The lowest BCUT2D eigenvalue weighted by Gasteiger charge is -2.16. The summed E-state index contributed by atoms with van der Waals surface area (Å²) in [6.07, 6.45) is -1.48. The Hall–Kier alpha value is -2.24. The molecule has 0 fully saturated rings. The van der Waals surface area contributed by atoms with Crippen molar-refractivity contribution in [2.45, 2.75) is 11.5 Å². The van der Waals surface area contributed by atoms with E-state index >= 15 is 0 Å². The standard InChI is InChI=1S/C15H12ClNO4/c16-13(11-7-4-8-12(9-11)17(20)21)15(19)14(18)10-5-2-1-3-6-10/h1-9,13,15,19H/t13-,15+/m0/s1. The van der Waals surface area contributed by atoms with E-state index in [1.54, 1.807) is 30.3 Å². The third-order valence-electron chi connectivity index (χ3n) is 3.00. The molecule has 2 aromatic carbocycles. The maximum Gasteiger partial charge on any atom is 0.269 e. The molecule has 6 heteroatoms. The van der Waals surface area contributed by atoms with Gasteiger partial charge in [-0.3, -0.25) is 14.9 Å². The number of carbonyl (C=O) groups excluding carboxylic acids is 1. The Kier molecular flexibility index (Phi) is 4.67. The summed E-state index contributed by atoms with van der Waals surface area (Å²) >= 11 is 6.08. The lowest BCUT2D eigenvalue weighted by Crippen LogP contribution is -2.25. The number of nitrogens with zero attached hydrogens (tertiary/aromatic N) is 1. The summed E-state index contributed by atoms with van der Waals surface area (Å²) in [7, 11) is 0. The number of benzene rings is 2. The van der Waals surface area contributed by atoms with Gasteiger partial charge in [0, 0.05) is 17.7 Å². The van der Waals surface area contributed by atoms with Gasteiger partial charge in [0.05, 0.1) is 10.3 Å². The van der Waals surface area contributed by atoms with Gasteiger partial charge in [0.1, 0.15) is 6.10 Å². The van der Waals surface area contributed by atoms with Crippen molar-refractivity contribution in [1.82, 2.24) is 0 Å². The Morgan fingerprint density at radius 2 is 1.81 bits per heavy atom. The molecule has 0 saturated carbocycles. The quantitative estimate of drug-likeness (QED) is 0.398. The van der Waals surface area contributed by atoms with Crippen LogP contribution in [0.25, 0.3) is 0 Å². The van der Waals surface area contributed by atoms with Crippen LogP contribution in [-0.2, 0) is 0 Å². The van der Waals surface area contributed by atoms with Gasteiger partial charge in [-0.25, -0.2) is 0 Å². The zero-order valence-corrected chi connectivity index (χ0v) is 11.6. The molecule has 2 aromatic rings. The van der Waals surface area contributed by atoms with E-state index in [0.29, 0.717) is 11.1 Å². The van der Waals surface area contributed by atoms with Crippen molar-refractivity contribution in [1.29, 1.82) is 0 Å². The van der Waals surface area contributed by atoms with Crippen molar-refractivity contribution in [3.63, 3.8) is 0 Å². The molecule has 5 nitrogen and oxygen atoms in total. The highest BCUT2D eigenvalue weighted by molar-refractivity contribution is 6.23. The first-order valence-corrected chi connectivity index (χ1v) is 6.60. The van der Waals surface area contributed by atoms with E-state index < -0.39 is 22.2 Å². The number of ketones is 1. The van der Waals surface area contributed by atoms with E-state index in [-0.39, 0.29) is 5.69 Å². The predicted octanol–water partition coefficient (Wildman–Crippen LogP) is 3.12. The summed E-state index contributed by atoms with van der Waals surface area (Å²) in [5.41, 5.74) is 0.515. The van der Waals surface area contributed by atoms with Crippen molar-refractivity contribution >= 4 is 23.1 Å². The number of nitro groups is 1. The topological polar surface area (TPSA) is 80.4 Å². The fourth-order valence-corrected chi connectivity index (χ4v) is 2.15. The minimum Gasteiger partial charge on any atom is -0.383 e. The molecule has 0 spiro atoms. The summed E-state index contributed by atoms with van der Waals surface area (Å²) in [5.74, 6) is -0.526. The molecule has 0 bridgehead atoms. The van der Waals surface area contributed by atoms with Crippen molar-refractivity contribution in [3.8, 4) is 0 Å². The molecule has 0 aliphatic rings. The van der Waals surface area contributed by atoms with E-state index in [2.05, 4.69) is 0 Å². The number of hydrogen-bond donors (Lipinski definition) is 1. The molecule has 0 radical (unpaired) electrons. The maximum atomic E-state index is 12.1. The van der Waals surface area contributed by atoms with E-state index in [9.17, 15) is 20.0 Å². The highest BCUT2D eigenvalue weighted by atomic mass is 35.5. The van der Waals surface area contributed by atoms with E-state index in [4.69, 9.17) is 11.6 Å². The minimum absolute atomic E-state index is 0.141. The second kappa shape index (κ2) is 6.47. The van der Waals surface area contributed by atoms with Crippen LogP contribution in [0.4, 0.5) is 5.69 Å². The molecule has 2 rings (SSSR count). The molecule has 2 atom stereocenters. The van der Waals surface area contributed by atoms with Crippen LogP contribution in [0.3, 0.4) is 0 Å². The van der Waals surface area contributed by atoms with Crippen LogP contribution in [0.5, 0.6) is 0 Å². The highest BCUT2D eigenvalue weighted by Gasteiger charge is 2.27. The fraction of sp³-hybridized carbons (Fsp3) is 0.133. The molecular weight excluding hydrogens is 294 g/mol. The average molecular weight is 306 g/mol. The van der Waals surface area contributed by atoms with E-state index in [1.165, 1.54) is 24.3 Å². The molecule has 0 saturated heterocycles. The maximum absolute atomic E-state index is 12.1. The van der Waals surface area contributed by atoms with Crippen molar-refractivity contribution in [2.75, 3.05) is 0 Å². The molecule has 108 valence electrons. The van der Waals surface area contributed by atoms with Gasteiger partial charge >= 0.3 is 0 Å². The number of aliphatic hydroxyl groups excluding tert-OH is 1. The second-order valence-electron chi connectivity index (χ2n) is 4.43. The molecule has 0 amide bonds. The first-order chi connectivity index (χ1) is 10.0. The number of non-ortho nitro benzene ring substituents is 1. The van der Waals surface area contributed by atoms with Crippen LogP contribution in [0.1, 0.15) is 21.3 Å². The van der Waals surface area contributed by atoms with Gasteiger partial charge in [-0.1, -0.05) is 42.5 Å².